The van der Waals surface area contributed by atoms with Crippen molar-refractivity contribution in [2.45, 2.75) is 13.3 Å². The second kappa shape index (κ2) is 8.91. The number of thiocarbonyl (C=S) groups is 1. The Balaban J connectivity index is 1.77. The largest absolute Gasteiger partial charge is 0.573 e. The van der Waals surface area contributed by atoms with Crippen molar-refractivity contribution in [2.75, 3.05) is 0 Å². The summed E-state index contributed by atoms with van der Waals surface area (Å²) in [5.41, 5.74) is 3.49. The lowest BCUT2D eigenvalue weighted by molar-refractivity contribution is -0.274. The molecule has 2 nitrogen and oxygen atoms in total. The first kappa shape index (κ1) is 21.3. The highest BCUT2D eigenvalue weighted by atomic mass is 32.1. The molecule has 0 unspecified atom stereocenters. The average Bonchev–Trinajstić information content (AvgIpc) is 2.69. The number of benzene rings is 3. The number of rotatable bonds is 3. The fourth-order valence-corrected chi connectivity index (χ4v) is 2.83. The summed E-state index contributed by atoms with van der Waals surface area (Å²) in [5.74, 6) is 5.05. The Morgan fingerprint density at radius 1 is 0.867 bits per heavy atom. The second-order valence-corrected chi connectivity index (χ2v) is 6.41. The zero-order chi connectivity index (χ0) is 21.7. The number of aryl methyl sites for hydroxylation is 1. The molecule has 0 spiro atoms. The standard InChI is InChI=1S/C23H13F4NOS/c1-15-12-17(13-21(24)22(15)28-14-30)3-2-16-4-6-18(7-5-16)19-8-10-20(11-9-19)29-23(25,26)27/h4-13H,1H3. The summed E-state index contributed by atoms with van der Waals surface area (Å²) in [6, 6.07) is 15.7. The fraction of sp³-hybridized carbons (Fsp3) is 0.0870. The topological polar surface area (TPSA) is 21.6 Å². The molecule has 0 aliphatic carbocycles. The molecule has 0 saturated heterocycles. The molecule has 0 radical (unpaired) electrons. The Bertz CT molecular complexity index is 1140. The van der Waals surface area contributed by atoms with Crippen LogP contribution in [0, 0.1) is 24.6 Å². The number of alkyl halides is 3. The first-order valence-corrected chi connectivity index (χ1v) is 9.02. The van der Waals surface area contributed by atoms with E-state index in [1.54, 1.807) is 37.3 Å². The Morgan fingerprint density at radius 3 is 1.97 bits per heavy atom. The third-order valence-corrected chi connectivity index (χ3v) is 4.16. The average molecular weight is 427 g/mol. The fourth-order valence-electron chi connectivity index (χ4n) is 2.74. The van der Waals surface area contributed by atoms with E-state index in [2.05, 4.69) is 38.9 Å². The van der Waals surface area contributed by atoms with Gasteiger partial charge in [-0.1, -0.05) is 36.1 Å². The number of isothiocyanates is 1. The van der Waals surface area contributed by atoms with Crippen LogP contribution >= 0.6 is 12.2 Å². The number of ether oxygens (including phenoxy) is 1. The van der Waals surface area contributed by atoms with Crippen molar-refractivity contribution in [3.8, 4) is 28.7 Å². The van der Waals surface area contributed by atoms with Crippen LogP contribution in [0.4, 0.5) is 23.2 Å². The van der Waals surface area contributed by atoms with Crippen LogP contribution in [-0.2, 0) is 0 Å². The summed E-state index contributed by atoms with van der Waals surface area (Å²) in [4.78, 5) is 3.70. The third kappa shape index (κ3) is 5.54. The zero-order valence-corrected chi connectivity index (χ0v) is 16.4. The summed E-state index contributed by atoms with van der Waals surface area (Å²) in [7, 11) is 0. The quantitative estimate of drug-likeness (QED) is 0.198. The van der Waals surface area contributed by atoms with Crippen LogP contribution in [0.1, 0.15) is 16.7 Å². The zero-order valence-electron chi connectivity index (χ0n) is 15.5. The normalized spacial score (nSPS) is 10.6. The number of hydrogen-bond acceptors (Lipinski definition) is 3. The lowest BCUT2D eigenvalue weighted by Gasteiger charge is -2.09. The van der Waals surface area contributed by atoms with Crippen molar-refractivity contribution in [1.29, 1.82) is 0 Å². The molecule has 3 aromatic rings. The Morgan fingerprint density at radius 2 is 1.43 bits per heavy atom. The van der Waals surface area contributed by atoms with Gasteiger partial charge in [-0.05, 0) is 72.2 Å². The number of halogens is 4. The maximum atomic E-state index is 14.1. The predicted octanol–water partition coefficient (Wildman–Crippen LogP) is 6.83. The minimum absolute atomic E-state index is 0.145. The van der Waals surface area contributed by atoms with Crippen molar-refractivity contribution >= 4 is 23.1 Å². The molecule has 0 aromatic heterocycles. The molecule has 0 aliphatic rings. The highest BCUT2D eigenvalue weighted by Gasteiger charge is 2.30. The first-order chi connectivity index (χ1) is 14.2. The van der Waals surface area contributed by atoms with E-state index in [-0.39, 0.29) is 11.4 Å². The molecule has 0 saturated carbocycles. The van der Waals surface area contributed by atoms with Gasteiger partial charge in [-0.15, -0.1) is 13.2 Å². The smallest absolute Gasteiger partial charge is 0.406 e. The maximum Gasteiger partial charge on any atom is 0.573 e. The molecule has 0 fully saturated rings. The van der Waals surface area contributed by atoms with Crippen LogP contribution in [0.2, 0.25) is 0 Å². The molecular formula is C23H13F4NOS. The molecule has 30 heavy (non-hydrogen) atoms. The summed E-state index contributed by atoms with van der Waals surface area (Å²) in [6.45, 7) is 1.71. The van der Waals surface area contributed by atoms with Gasteiger partial charge in [0, 0.05) is 11.1 Å². The molecule has 0 bridgehead atoms. The maximum absolute atomic E-state index is 14.1. The van der Waals surface area contributed by atoms with Crippen molar-refractivity contribution in [1.82, 2.24) is 0 Å². The van der Waals surface area contributed by atoms with Gasteiger partial charge in [0.1, 0.15) is 11.4 Å². The van der Waals surface area contributed by atoms with Crippen LogP contribution in [0.3, 0.4) is 0 Å². The van der Waals surface area contributed by atoms with Gasteiger partial charge < -0.3 is 4.74 Å². The summed E-state index contributed by atoms with van der Waals surface area (Å²) < 4.78 is 54.6. The molecule has 0 heterocycles. The van der Waals surface area contributed by atoms with E-state index < -0.39 is 12.2 Å². The van der Waals surface area contributed by atoms with Crippen molar-refractivity contribution in [3.05, 3.63) is 83.2 Å². The van der Waals surface area contributed by atoms with Gasteiger partial charge in [0.2, 0.25) is 0 Å². The van der Waals surface area contributed by atoms with Crippen LogP contribution in [0.25, 0.3) is 11.1 Å². The Hall–Kier alpha value is -3.46. The van der Waals surface area contributed by atoms with Gasteiger partial charge >= 0.3 is 6.36 Å². The number of hydrogen-bond donors (Lipinski definition) is 0. The molecular weight excluding hydrogens is 414 g/mol. The highest BCUT2D eigenvalue weighted by molar-refractivity contribution is 7.78. The summed E-state index contributed by atoms with van der Waals surface area (Å²) in [5, 5.41) is 2.15. The van der Waals surface area contributed by atoms with E-state index in [0.717, 1.165) is 11.1 Å². The summed E-state index contributed by atoms with van der Waals surface area (Å²) >= 11 is 4.51. The van der Waals surface area contributed by atoms with Crippen molar-refractivity contribution < 1.29 is 22.3 Å². The molecule has 7 heteroatoms. The molecule has 0 amide bonds. The first-order valence-electron chi connectivity index (χ1n) is 8.61. The van der Waals surface area contributed by atoms with E-state index in [4.69, 9.17) is 0 Å². The highest BCUT2D eigenvalue weighted by Crippen LogP contribution is 2.27. The molecule has 0 atom stereocenters. The second-order valence-electron chi connectivity index (χ2n) is 6.23. The third-order valence-electron chi connectivity index (χ3n) is 4.07. The van der Waals surface area contributed by atoms with Crippen molar-refractivity contribution in [2.24, 2.45) is 4.99 Å². The van der Waals surface area contributed by atoms with E-state index in [9.17, 15) is 17.6 Å². The number of aliphatic imine (C=N–C) groups is 1. The Labute approximate surface area is 175 Å². The van der Waals surface area contributed by atoms with Gasteiger partial charge in [-0.25, -0.2) is 4.39 Å². The van der Waals surface area contributed by atoms with Gasteiger partial charge in [0.25, 0.3) is 0 Å². The number of nitrogens with zero attached hydrogens (tertiary/aromatic N) is 1. The van der Waals surface area contributed by atoms with E-state index in [1.807, 2.05) is 0 Å². The van der Waals surface area contributed by atoms with Crippen molar-refractivity contribution in [3.63, 3.8) is 0 Å². The molecule has 3 rings (SSSR count). The van der Waals surface area contributed by atoms with E-state index in [0.29, 0.717) is 16.7 Å². The van der Waals surface area contributed by atoms with E-state index >= 15 is 0 Å². The Kier molecular flexibility index (Phi) is 6.31. The summed E-state index contributed by atoms with van der Waals surface area (Å²) in [6.07, 6.45) is -4.72. The van der Waals surface area contributed by atoms with Gasteiger partial charge in [0.05, 0.1) is 5.16 Å². The molecule has 0 N–H and O–H groups in total. The SMILES string of the molecule is Cc1cc(C#Cc2ccc(-c3ccc(OC(F)(F)F)cc3)cc2)cc(F)c1N=C=S. The van der Waals surface area contributed by atoms with Crippen LogP contribution in [0.5, 0.6) is 5.75 Å². The lowest BCUT2D eigenvalue weighted by Crippen LogP contribution is -2.16. The van der Waals surface area contributed by atoms with Gasteiger partial charge in [-0.3, -0.25) is 0 Å². The van der Waals surface area contributed by atoms with E-state index in [1.165, 1.54) is 30.3 Å². The van der Waals surface area contributed by atoms with Gasteiger partial charge in [0.15, 0.2) is 5.82 Å². The lowest BCUT2D eigenvalue weighted by atomic mass is 10.0. The van der Waals surface area contributed by atoms with Crippen LogP contribution in [0.15, 0.2) is 65.7 Å². The van der Waals surface area contributed by atoms with Crippen LogP contribution < -0.4 is 4.74 Å². The molecule has 3 aromatic carbocycles. The van der Waals surface area contributed by atoms with Gasteiger partial charge in [-0.2, -0.15) is 4.99 Å². The minimum atomic E-state index is -4.72. The molecule has 150 valence electrons. The van der Waals surface area contributed by atoms with Crippen LogP contribution in [-0.4, -0.2) is 11.5 Å². The molecule has 0 aliphatic heterocycles. The minimum Gasteiger partial charge on any atom is -0.406 e. The monoisotopic (exact) mass is 427 g/mol. The predicted molar refractivity (Wildman–Crippen MR) is 110 cm³/mol.